The zero-order valence-electron chi connectivity index (χ0n) is 23.9. The SMILES string of the molecule is COc1c(Cl)ccc(-c2nc(C(=O)O)c(Cl)c(N)c2F)c1F.Cc1ccc2c(c1)[C@H](Nc1nc(N)nc(C(C)F)n1)[C@@H](C)C2. The third-order valence-corrected chi connectivity index (χ3v) is 7.56. The summed E-state index contributed by atoms with van der Waals surface area (Å²) in [5, 5.41) is 11.7. The van der Waals surface area contributed by atoms with Crippen LogP contribution in [0, 0.1) is 24.5 Å². The summed E-state index contributed by atoms with van der Waals surface area (Å²) in [5.41, 5.74) is 12.6. The Bertz CT molecular complexity index is 1740. The van der Waals surface area contributed by atoms with E-state index in [1.54, 1.807) is 0 Å². The van der Waals surface area contributed by atoms with E-state index in [1.807, 2.05) is 0 Å². The largest absolute Gasteiger partial charge is 0.492 e. The average Bonchev–Trinajstić information content (AvgIpc) is 3.26. The molecular formula is C29H28Cl2F3N7O3. The Morgan fingerprint density at radius 3 is 2.45 bits per heavy atom. The van der Waals surface area contributed by atoms with Gasteiger partial charge >= 0.3 is 5.97 Å². The lowest BCUT2D eigenvalue weighted by molar-refractivity contribution is 0.0690. The number of benzene rings is 2. The van der Waals surface area contributed by atoms with Gasteiger partial charge in [0, 0.05) is 5.56 Å². The van der Waals surface area contributed by atoms with Gasteiger partial charge in [-0.15, -0.1) is 0 Å². The van der Waals surface area contributed by atoms with Crippen molar-refractivity contribution in [3.63, 3.8) is 0 Å². The maximum absolute atomic E-state index is 14.3. The Balaban J connectivity index is 0.000000201. The zero-order chi connectivity index (χ0) is 32.5. The number of aromatic nitrogens is 4. The minimum atomic E-state index is -1.53. The standard InChI is InChI=1S/C16H20FN5.C13H8Cl2F2N2O3/c1-8-4-5-11-7-9(2)13(12(11)6-8)19-16-21-14(10(3)17)20-15(18)22-16;1-22-12-5(14)3-2-4(7(12)16)10-8(17)9(18)6(15)11(19-10)13(20)21/h4-6,9-10,13H,7H2,1-3H3,(H3,18,19,20,21,22);2-3H,1H3,(H2,18,19)(H,20,21)/t9-,10?,13+;/m0./s1. The van der Waals surface area contributed by atoms with E-state index in [0.29, 0.717) is 11.9 Å². The number of anilines is 3. The topological polar surface area (TPSA) is 162 Å². The Hall–Kier alpha value is -4.36. The molecule has 0 saturated heterocycles. The molecule has 4 aromatic rings. The first-order valence-electron chi connectivity index (χ1n) is 13.1. The second-order valence-electron chi connectivity index (χ2n) is 10.1. The number of rotatable bonds is 6. The van der Waals surface area contributed by atoms with Crippen molar-refractivity contribution in [2.75, 3.05) is 23.9 Å². The molecule has 232 valence electrons. The summed E-state index contributed by atoms with van der Waals surface area (Å²) in [4.78, 5) is 26.7. The molecular weight excluding hydrogens is 622 g/mol. The minimum Gasteiger partial charge on any atom is -0.492 e. The third-order valence-electron chi connectivity index (χ3n) is 6.88. The van der Waals surface area contributed by atoms with Crippen molar-refractivity contribution in [3.8, 4) is 17.0 Å². The number of aromatic carboxylic acids is 1. The minimum absolute atomic E-state index is 0.0344. The summed E-state index contributed by atoms with van der Waals surface area (Å²) in [5.74, 6) is -3.17. The second kappa shape index (κ2) is 13.1. The van der Waals surface area contributed by atoms with Crippen LogP contribution in [0.5, 0.6) is 5.75 Å². The predicted molar refractivity (Wildman–Crippen MR) is 162 cm³/mol. The van der Waals surface area contributed by atoms with Gasteiger partial charge in [0.15, 0.2) is 35.1 Å². The number of carbonyl (C=O) groups is 1. The Labute approximate surface area is 260 Å². The number of nitrogens with two attached hydrogens (primary N) is 2. The second-order valence-corrected chi connectivity index (χ2v) is 10.9. The van der Waals surface area contributed by atoms with Gasteiger partial charge in [-0.1, -0.05) is 53.9 Å². The van der Waals surface area contributed by atoms with Crippen molar-refractivity contribution in [2.24, 2.45) is 5.92 Å². The van der Waals surface area contributed by atoms with Crippen LogP contribution in [-0.2, 0) is 6.42 Å². The highest BCUT2D eigenvalue weighted by Crippen LogP contribution is 2.39. The van der Waals surface area contributed by atoms with E-state index in [9.17, 15) is 18.0 Å². The maximum atomic E-state index is 14.3. The number of aryl methyl sites for hydroxylation is 1. The van der Waals surface area contributed by atoms with Crippen molar-refractivity contribution in [1.29, 1.82) is 0 Å². The van der Waals surface area contributed by atoms with Gasteiger partial charge < -0.3 is 26.6 Å². The smallest absolute Gasteiger partial charge is 0.356 e. The number of alkyl halides is 1. The lowest BCUT2D eigenvalue weighted by Gasteiger charge is -2.19. The number of ether oxygens (including phenoxy) is 1. The highest BCUT2D eigenvalue weighted by Gasteiger charge is 2.30. The molecule has 0 aliphatic heterocycles. The van der Waals surface area contributed by atoms with Crippen molar-refractivity contribution < 1.29 is 27.8 Å². The van der Waals surface area contributed by atoms with Crippen LogP contribution >= 0.6 is 23.2 Å². The highest BCUT2D eigenvalue weighted by atomic mass is 35.5. The molecule has 10 nitrogen and oxygen atoms in total. The van der Waals surface area contributed by atoms with Crippen LogP contribution < -0.4 is 21.5 Å². The molecule has 0 amide bonds. The van der Waals surface area contributed by atoms with Crippen LogP contribution in [0.3, 0.4) is 0 Å². The zero-order valence-corrected chi connectivity index (χ0v) is 25.4. The molecule has 2 aromatic heterocycles. The van der Waals surface area contributed by atoms with Crippen LogP contribution in [0.15, 0.2) is 30.3 Å². The highest BCUT2D eigenvalue weighted by molar-refractivity contribution is 6.35. The number of pyridine rings is 1. The molecule has 0 saturated carbocycles. The van der Waals surface area contributed by atoms with Crippen LogP contribution in [0.4, 0.5) is 30.8 Å². The Morgan fingerprint density at radius 2 is 1.82 bits per heavy atom. The van der Waals surface area contributed by atoms with E-state index in [2.05, 4.69) is 57.3 Å². The number of methoxy groups -OCH3 is 1. The molecule has 1 aliphatic carbocycles. The van der Waals surface area contributed by atoms with Crippen LogP contribution in [0.2, 0.25) is 10.0 Å². The van der Waals surface area contributed by atoms with Gasteiger partial charge in [-0.3, -0.25) is 0 Å². The lowest BCUT2D eigenvalue weighted by Crippen LogP contribution is -2.18. The van der Waals surface area contributed by atoms with Crippen LogP contribution in [-0.4, -0.2) is 38.1 Å². The van der Waals surface area contributed by atoms with E-state index >= 15 is 0 Å². The van der Waals surface area contributed by atoms with Gasteiger partial charge in [0.1, 0.15) is 5.69 Å². The summed E-state index contributed by atoms with van der Waals surface area (Å²) in [7, 11) is 1.18. The first-order valence-corrected chi connectivity index (χ1v) is 13.9. The molecule has 0 radical (unpaired) electrons. The number of nitrogens with one attached hydrogen (secondary N) is 1. The average molecular weight is 650 g/mol. The third kappa shape index (κ3) is 6.58. The fourth-order valence-corrected chi connectivity index (χ4v) is 5.19. The van der Waals surface area contributed by atoms with E-state index < -0.39 is 45.9 Å². The van der Waals surface area contributed by atoms with E-state index in [1.165, 1.54) is 36.8 Å². The molecule has 0 fully saturated rings. The fourth-order valence-electron chi connectivity index (χ4n) is 4.76. The van der Waals surface area contributed by atoms with Gasteiger partial charge in [-0.05, 0) is 49.4 Å². The van der Waals surface area contributed by atoms with Gasteiger partial charge in [0.2, 0.25) is 11.9 Å². The van der Waals surface area contributed by atoms with Crippen molar-refractivity contribution in [3.05, 3.63) is 80.2 Å². The molecule has 5 rings (SSSR count). The normalized spacial score (nSPS) is 16.0. The van der Waals surface area contributed by atoms with Crippen molar-refractivity contribution in [1.82, 2.24) is 19.9 Å². The van der Waals surface area contributed by atoms with Crippen LogP contribution in [0.25, 0.3) is 11.3 Å². The van der Waals surface area contributed by atoms with E-state index in [0.717, 1.165) is 12.5 Å². The number of nitrogen functional groups attached to an aromatic ring is 2. The van der Waals surface area contributed by atoms with Gasteiger partial charge in [-0.2, -0.15) is 15.0 Å². The molecule has 1 aliphatic rings. The number of carboxylic acids is 1. The summed E-state index contributed by atoms with van der Waals surface area (Å²) in [6, 6.07) is 8.95. The van der Waals surface area contributed by atoms with Crippen LogP contribution in [0.1, 0.15) is 59.1 Å². The van der Waals surface area contributed by atoms with Gasteiger partial charge in [0.05, 0.1) is 28.9 Å². The van der Waals surface area contributed by atoms with Crippen molar-refractivity contribution in [2.45, 2.75) is 39.4 Å². The Kier molecular flexibility index (Phi) is 9.69. The predicted octanol–water partition coefficient (Wildman–Crippen LogP) is 6.76. The number of carboxylic acid groups (broad SMARTS) is 1. The number of hydrogen-bond donors (Lipinski definition) is 4. The summed E-state index contributed by atoms with van der Waals surface area (Å²) >= 11 is 11.4. The van der Waals surface area contributed by atoms with E-state index in [-0.39, 0.29) is 34.2 Å². The van der Waals surface area contributed by atoms with Crippen molar-refractivity contribution >= 4 is 46.8 Å². The Morgan fingerprint density at radius 1 is 1.11 bits per heavy atom. The maximum Gasteiger partial charge on any atom is 0.356 e. The summed E-state index contributed by atoms with van der Waals surface area (Å²) in [6.07, 6.45) is -0.276. The number of fused-ring (bicyclic) bond motifs is 1. The molecule has 44 heavy (non-hydrogen) atoms. The molecule has 0 spiro atoms. The molecule has 2 heterocycles. The summed E-state index contributed by atoms with van der Waals surface area (Å²) < 4.78 is 46.7. The number of nitrogens with zero attached hydrogens (tertiary/aromatic N) is 4. The number of hydrogen-bond acceptors (Lipinski definition) is 9. The first kappa shape index (κ1) is 32.6. The van der Waals surface area contributed by atoms with Gasteiger partial charge in [-0.25, -0.2) is 22.9 Å². The first-order chi connectivity index (χ1) is 20.7. The number of halogens is 5. The molecule has 1 unspecified atom stereocenters. The molecule has 0 bridgehead atoms. The monoisotopic (exact) mass is 649 g/mol. The quantitative estimate of drug-likeness (QED) is 0.175. The fraction of sp³-hybridized carbons (Fsp3) is 0.276. The molecule has 6 N–H and O–H groups in total. The molecule has 3 atom stereocenters. The lowest BCUT2D eigenvalue weighted by atomic mass is 10.0. The van der Waals surface area contributed by atoms with E-state index in [4.69, 9.17) is 44.5 Å². The molecule has 2 aromatic carbocycles. The summed E-state index contributed by atoms with van der Waals surface area (Å²) in [6.45, 7) is 5.63. The van der Waals surface area contributed by atoms with Gasteiger partial charge in [0.25, 0.3) is 0 Å². The molecule has 15 heteroatoms.